The van der Waals surface area contributed by atoms with E-state index in [1.165, 1.54) is 50.1 Å². The van der Waals surface area contributed by atoms with Crippen molar-refractivity contribution in [2.45, 2.75) is 5.41 Å². The Hall–Kier alpha value is -7.95. The van der Waals surface area contributed by atoms with Crippen molar-refractivity contribution in [3.05, 3.63) is 229 Å². The number of aromatic nitrogens is 1. The maximum Gasteiger partial charge on any atom is 0.227 e. The van der Waals surface area contributed by atoms with Gasteiger partial charge in [-0.15, -0.1) is 0 Å². The van der Waals surface area contributed by atoms with Crippen LogP contribution in [0.3, 0.4) is 0 Å². The van der Waals surface area contributed by atoms with E-state index in [0.29, 0.717) is 5.89 Å². The van der Waals surface area contributed by atoms with Crippen LogP contribution in [0.1, 0.15) is 22.3 Å². The lowest BCUT2D eigenvalue weighted by atomic mass is 9.70. The van der Waals surface area contributed by atoms with Crippen molar-refractivity contribution in [3.63, 3.8) is 0 Å². The van der Waals surface area contributed by atoms with Crippen molar-refractivity contribution in [2.24, 2.45) is 0 Å². The van der Waals surface area contributed by atoms with Crippen LogP contribution >= 0.6 is 0 Å². The zero-order chi connectivity index (χ0) is 39.4. The van der Waals surface area contributed by atoms with E-state index in [1.54, 1.807) is 0 Å². The van der Waals surface area contributed by atoms with Gasteiger partial charge in [-0.05, 0) is 111 Å². The zero-order valence-corrected chi connectivity index (χ0v) is 32.3. The molecule has 9 aromatic carbocycles. The van der Waals surface area contributed by atoms with E-state index in [0.717, 1.165) is 61.2 Å². The fraction of sp³-hybridized carbons (Fsp3) is 0.0179. The van der Waals surface area contributed by atoms with Crippen LogP contribution in [0.15, 0.2) is 215 Å². The average Bonchev–Trinajstić information content (AvgIpc) is 4.07. The molecular formula is C56H34N2O2. The van der Waals surface area contributed by atoms with Crippen LogP contribution in [-0.4, -0.2) is 4.98 Å². The van der Waals surface area contributed by atoms with Gasteiger partial charge < -0.3 is 13.7 Å². The molecule has 0 N–H and O–H groups in total. The van der Waals surface area contributed by atoms with E-state index in [1.807, 2.05) is 36.4 Å². The summed E-state index contributed by atoms with van der Waals surface area (Å²) >= 11 is 0. The number of hydrogen-bond donors (Lipinski definition) is 0. The van der Waals surface area contributed by atoms with Gasteiger partial charge in [0.05, 0.1) is 22.2 Å². The highest BCUT2D eigenvalue weighted by Gasteiger charge is 2.52. The topological polar surface area (TPSA) is 42.4 Å². The predicted octanol–water partition coefficient (Wildman–Crippen LogP) is 14.9. The molecule has 2 aliphatic carbocycles. The van der Waals surface area contributed by atoms with Crippen molar-refractivity contribution in [1.29, 1.82) is 0 Å². The molecule has 0 fully saturated rings. The minimum atomic E-state index is -0.471. The molecule has 0 saturated carbocycles. The van der Waals surface area contributed by atoms with Gasteiger partial charge in [-0.3, -0.25) is 0 Å². The number of anilines is 3. The molecule has 0 saturated heterocycles. The third kappa shape index (κ3) is 4.53. The molecule has 0 atom stereocenters. The van der Waals surface area contributed by atoms with E-state index >= 15 is 0 Å². The van der Waals surface area contributed by atoms with Gasteiger partial charge in [0.2, 0.25) is 5.89 Å². The van der Waals surface area contributed by atoms with Crippen molar-refractivity contribution in [1.82, 2.24) is 4.98 Å². The number of rotatable bonds is 5. The van der Waals surface area contributed by atoms with Crippen LogP contribution in [0, 0.1) is 0 Å². The summed E-state index contributed by atoms with van der Waals surface area (Å²) < 4.78 is 13.0. The Morgan fingerprint density at radius 3 is 1.75 bits per heavy atom. The fourth-order valence-corrected chi connectivity index (χ4v) is 10.3. The molecule has 2 heterocycles. The molecular weight excluding hydrogens is 733 g/mol. The summed E-state index contributed by atoms with van der Waals surface area (Å²) in [5.74, 6) is 0.582. The van der Waals surface area contributed by atoms with Crippen LogP contribution in [0.2, 0.25) is 0 Å². The third-order valence-corrected chi connectivity index (χ3v) is 12.7. The summed E-state index contributed by atoms with van der Waals surface area (Å²) in [4.78, 5) is 7.30. The van der Waals surface area contributed by atoms with Gasteiger partial charge in [0.25, 0.3) is 0 Å². The molecule has 4 nitrogen and oxygen atoms in total. The second-order valence-corrected chi connectivity index (χ2v) is 15.8. The number of hydrogen-bond acceptors (Lipinski definition) is 4. The van der Waals surface area contributed by atoms with Crippen LogP contribution in [0.25, 0.3) is 77.9 Å². The SMILES string of the molecule is c1ccc(-c2ccc(N(c3cccc4c3-c3ccccc3C43c4ccccc4-c4ccccc43)c3cccc4oc5ccc(-c6nc7ccccc7o6)cc5c34)cc2)cc1. The van der Waals surface area contributed by atoms with E-state index in [9.17, 15) is 0 Å². The summed E-state index contributed by atoms with van der Waals surface area (Å²) in [6, 6.07) is 74.0. The molecule has 1 spiro atoms. The van der Waals surface area contributed by atoms with Gasteiger partial charge in [0.15, 0.2) is 5.58 Å². The maximum absolute atomic E-state index is 6.67. The normalized spacial score (nSPS) is 13.1. The summed E-state index contributed by atoms with van der Waals surface area (Å²) in [6.07, 6.45) is 0. The fourth-order valence-electron chi connectivity index (χ4n) is 10.3. The monoisotopic (exact) mass is 766 g/mol. The Kier molecular flexibility index (Phi) is 6.90. The molecule has 13 rings (SSSR count). The van der Waals surface area contributed by atoms with Gasteiger partial charge >= 0.3 is 0 Å². The Bertz CT molecular complexity index is 3430. The van der Waals surface area contributed by atoms with Crippen molar-refractivity contribution < 1.29 is 8.83 Å². The number of benzene rings is 9. The number of fused-ring (bicyclic) bond motifs is 14. The first-order valence-electron chi connectivity index (χ1n) is 20.5. The summed E-state index contributed by atoms with van der Waals surface area (Å²) in [6.45, 7) is 0. The third-order valence-electron chi connectivity index (χ3n) is 12.7. The highest BCUT2D eigenvalue weighted by molar-refractivity contribution is 6.15. The highest BCUT2D eigenvalue weighted by atomic mass is 16.3. The minimum Gasteiger partial charge on any atom is -0.456 e. The van der Waals surface area contributed by atoms with Crippen LogP contribution in [-0.2, 0) is 5.41 Å². The summed E-state index contributed by atoms with van der Waals surface area (Å²) in [7, 11) is 0. The molecule has 60 heavy (non-hydrogen) atoms. The molecule has 11 aromatic rings. The van der Waals surface area contributed by atoms with Gasteiger partial charge in [0, 0.05) is 22.2 Å². The molecule has 0 unspecified atom stereocenters. The number of nitrogens with zero attached hydrogens (tertiary/aromatic N) is 2. The zero-order valence-electron chi connectivity index (χ0n) is 32.3. The van der Waals surface area contributed by atoms with Crippen LogP contribution < -0.4 is 4.90 Å². The molecule has 0 amide bonds. The molecule has 280 valence electrons. The molecule has 2 aliphatic rings. The van der Waals surface area contributed by atoms with E-state index in [-0.39, 0.29) is 0 Å². The number of para-hydroxylation sites is 2. The molecule has 0 radical (unpaired) electrons. The predicted molar refractivity (Wildman–Crippen MR) is 243 cm³/mol. The van der Waals surface area contributed by atoms with Crippen LogP contribution in [0.5, 0.6) is 0 Å². The molecule has 0 bridgehead atoms. The van der Waals surface area contributed by atoms with Crippen molar-refractivity contribution >= 4 is 50.1 Å². The van der Waals surface area contributed by atoms with E-state index in [2.05, 4.69) is 175 Å². The molecule has 0 aliphatic heterocycles. The first-order valence-corrected chi connectivity index (χ1v) is 20.5. The Balaban J connectivity index is 1.09. The first kappa shape index (κ1) is 33.1. The number of furan rings is 1. The van der Waals surface area contributed by atoms with E-state index < -0.39 is 5.41 Å². The molecule has 4 heteroatoms. The Labute approximate surface area is 346 Å². The second kappa shape index (κ2) is 12.5. The average molecular weight is 767 g/mol. The smallest absolute Gasteiger partial charge is 0.227 e. The Morgan fingerprint density at radius 1 is 0.400 bits per heavy atom. The van der Waals surface area contributed by atoms with Gasteiger partial charge in [-0.1, -0.05) is 146 Å². The largest absolute Gasteiger partial charge is 0.456 e. The maximum atomic E-state index is 6.67. The van der Waals surface area contributed by atoms with Crippen molar-refractivity contribution in [3.8, 4) is 44.8 Å². The first-order chi connectivity index (χ1) is 29.8. The lowest BCUT2D eigenvalue weighted by molar-refractivity contribution is 0.620. The second-order valence-electron chi connectivity index (χ2n) is 15.8. The summed E-state index contributed by atoms with van der Waals surface area (Å²) in [5.41, 5.74) is 19.4. The van der Waals surface area contributed by atoms with Gasteiger partial charge in [0.1, 0.15) is 16.7 Å². The Morgan fingerprint density at radius 2 is 0.983 bits per heavy atom. The van der Waals surface area contributed by atoms with Crippen molar-refractivity contribution in [2.75, 3.05) is 4.90 Å². The van der Waals surface area contributed by atoms with E-state index in [4.69, 9.17) is 13.8 Å². The quantitative estimate of drug-likeness (QED) is 0.175. The van der Waals surface area contributed by atoms with Gasteiger partial charge in [-0.25, -0.2) is 4.98 Å². The molecule has 2 aromatic heterocycles. The number of oxazole rings is 1. The summed E-state index contributed by atoms with van der Waals surface area (Å²) in [5, 5.41) is 2.02. The standard InChI is InChI=1S/C56H34N2O2/c1-2-14-35(15-3-1)36-28-31-38(32-29-36)58(49-25-13-27-52-54(49)42-34-37(30-33-50(42)59-52)55-57-47-23-10-11-26-51(47)60-55)48-24-12-22-46-53(48)41-18-6-9-21-45(41)56(46)43-19-7-4-16-39(43)40-17-5-8-20-44(40)56/h1-34H. The highest BCUT2D eigenvalue weighted by Crippen LogP contribution is 2.64. The lowest BCUT2D eigenvalue weighted by Crippen LogP contribution is -2.26. The minimum absolute atomic E-state index is 0.471. The van der Waals surface area contributed by atoms with Crippen LogP contribution in [0.4, 0.5) is 17.1 Å². The van der Waals surface area contributed by atoms with Gasteiger partial charge in [-0.2, -0.15) is 0 Å². The lowest BCUT2D eigenvalue weighted by Gasteiger charge is -2.32.